The quantitative estimate of drug-likeness (QED) is 0.376. The molecule has 3 heterocycles. The van der Waals surface area contributed by atoms with Crippen molar-refractivity contribution in [3.63, 3.8) is 0 Å². The largest absolute Gasteiger partial charge is 0.495 e. The van der Waals surface area contributed by atoms with Gasteiger partial charge in [-0.3, -0.25) is 9.59 Å². The van der Waals surface area contributed by atoms with E-state index in [1.807, 2.05) is 36.4 Å². The van der Waals surface area contributed by atoms with E-state index in [2.05, 4.69) is 10.4 Å². The predicted molar refractivity (Wildman–Crippen MR) is 139 cm³/mol. The minimum absolute atomic E-state index is 0.124. The molecule has 0 saturated heterocycles. The van der Waals surface area contributed by atoms with Crippen LogP contribution in [0.3, 0.4) is 0 Å². The lowest BCUT2D eigenvalue weighted by molar-refractivity contribution is 0.0946. The Balaban J connectivity index is 1.49. The van der Waals surface area contributed by atoms with Gasteiger partial charge in [0.25, 0.3) is 11.5 Å². The van der Waals surface area contributed by atoms with E-state index in [0.717, 1.165) is 16.5 Å². The Morgan fingerprint density at radius 3 is 2.73 bits per heavy atom. The molecular weight excluding hydrogens is 496 g/mol. The van der Waals surface area contributed by atoms with Gasteiger partial charge in [-0.25, -0.2) is 0 Å². The molecule has 0 radical (unpaired) electrons. The van der Waals surface area contributed by atoms with Crippen LogP contribution in [-0.2, 0) is 13.6 Å². The summed E-state index contributed by atoms with van der Waals surface area (Å²) in [5.41, 5.74) is 2.17. The summed E-state index contributed by atoms with van der Waals surface area (Å²) in [6.07, 6.45) is 0. The van der Waals surface area contributed by atoms with Crippen LogP contribution >= 0.6 is 11.6 Å². The number of nitrogens with one attached hydrogen (secondary N) is 1. The van der Waals surface area contributed by atoms with Gasteiger partial charge in [-0.05, 0) is 42.0 Å². The van der Waals surface area contributed by atoms with Crippen LogP contribution in [0.4, 0.5) is 0 Å². The number of para-hydroxylation sites is 1. The molecular formula is C27H21ClN4O5. The van der Waals surface area contributed by atoms with Gasteiger partial charge in [0.2, 0.25) is 6.79 Å². The zero-order valence-electron chi connectivity index (χ0n) is 19.9. The van der Waals surface area contributed by atoms with Crippen molar-refractivity contribution in [2.24, 2.45) is 7.05 Å². The van der Waals surface area contributed by atoms with Crippen molar-refractivity contribution in [1.29, 1.82) is 0 Å². The lowest BCUT2D eigenvalue weighted by atomic mass is 10.1. The molecule has 0 aliphatic carbocycles. The van der Waals surface area contributed by atoms with E-state index >= 15 is 0 Å². The first kappa shape index (κ1) is 22.9. The number of rotatable bonds is 5. The van der Waals surface area contributed by atoms with Crippen molar-refractivity contribution in [3.8, 4) is 22.9 Å². The summed E-state index contributed by atoms with van der Waals surface area (Å²) in [6.45, 7) is 0.405. The van der Waals surface area contributed by atoms with Gasteiger partial charge >= 0.3 is 0 Å². The molecule has 1 amide bonds. The first-order chi connectivity index (χ1) is 18.0. The van der Waals surface area contributed by atoms with Gasteiger partial charge in [0.1, 0.15) is 11.3 Å². The first-order valence-corrected chi connectivity index (χ1v) is 11.8. The number of halogens is 1. The third kappa shape index (κ3) is 3.75. The lowest BCUT2D eigenvalue weighted by Gasteiger charge is -2.12. The zero-order chi connectivity index (χ0) is 25.7. The Morgan fingerprint density at radius 1 is 1.11 bits per heavy atom. The summed E-state index contributed by atoms with van der Waals surface area (Å²) in [4.78, 5) is 27.3. The minimum Gasteiger partial charge on any atom is -0.495 e. The molecule has 0 fully saturated rings. The number of nitrogens with zero attached hydrogens (tertiary/aromatic N) is 3. The molecule has 0 spiro atoms. The predicted octanol–water partition coefficient (Wildman–Crippen LogP) is 4.20. The summed E-state index contributed by atoms with van der Waals surface area (Å²) in [6, 6.07) is 17.9. The fraction of sp³-hybridized carbons (Fsp3) is 0.148. The third-order valence-corrected chi connectivity index (χ3v) is 6.72. The Kier molecular flexibility index (Phi) is 5.49. The second kappa shape index (κ2) is 8.86. The van der Waals surface area contributed by atoms with Crippen LogP contribution in [0.5, 0.6) is 17.2 Å². The molecule has 6 rings (SSSR count). The number of ether oxygens (including phenoxy) is 3. The fourth-order valence-electron chi connectivity index (χ4n) is 4.62. The van der Waals surface area contributed by atoms with Crippen LogP contribution in [0, 0.1) is 0 Å². The van der Waals surface area contributed by atoms with E-state index in [-0.39, 0.29) is 24.6 Å². The van der Waals surface area contributed by atoms with Gasteiger partial charge in [0.05, 0.1) is 17.8 Å². The Hall–Kier alpha value is -4.50. The number of hydrogen-bond donors (Lipinski definition) is 1. The van der Waals surface area contributed by atoms with Crippen LogP contribution in [-0.4, -0.2) is 34.2 Å². The van der Waals surface area contributed by atoms with Crippen LogP contribution < -0.4 is 25.1 Å². The highest BCUT2D eigenvalue weighted by molar-refractivity contribution is 6.32. The van der Waals surface area contributed by atoms with Crippen molar-refractivity contribution >= 4 is 39.3 Å². The van der Waals surface area contributed by atoms with E-state index < -0.39 is 5.91 Å². The number of benzene rings is 3. The number of aryl methyl sites for hydroxylation is 1. The molecule has 186 valence electrons. The summed E-state index contributed by atoms with van der Waals surface area (Å²) < 4.78 is 19.0. The van der Waals surface area contributed by atoms with Gasteiger partial charge in [-0.15, -0.1) is 0 Å². The molecule has 1 aliphatic rings. The smallest absolute Gasteiger partial charge is 0.296 e. The molecule has 1 aliphatic heterocycles. The van der Waals surface area contributed by atoms with Gasteiger partial charge in [0.15, 0.2) is 17.2 Å². The maximum atomic E-state index is 13.7. The highest BCUT2D eigenvalue weighted by atomic mass is 35.5. The number of aromatic nitrogens is 3. The molecule has 0 bridgehead atoms. The number of hydrogen-bond acceptors (Lipinski definition) is 6. The number of carbonyl (C=O) groups excluding carboxylic acids is 1. The summed E-state index contributed by atoms with van der Waals surface area (Å²) in [5, 5.41) is 9.04. The monoisotopic (exact) mass is 516 g/mol. The fourth-order valence-corrected chi connectivity index (χ4v) is 4.87. The van der Waals surface area contributed by atoms with Gasteiger partial charge in [-0.2, -0.15) is 9.78 Å². The van der Waals surface area contributed by atoms with Crippen LogP contribution in [0.1, 0.15) is 16.1 Å². The first-order valence-electron chi connectivity index (χ1n) is 11.5. The SMILES string of the molecule is COc1ccc(-n2nc(C(=O)NCc3ccc4c(c3)OCO4)c3c4ccccc4n(C)c3c2=O)cc1Cl. The Bertz CT molecular complexity index is 1780. The number of carbonyl (C=O) groups is 1. The summed E-state index contributed by atoms with van der Waals surface area (Å²) in [5.74, 6) is 1.34. The molecule has 3 aromatic carbocycles. The minimum atomic E-state index is -0.424. The highest BCUT2D eigenvalue weighted by Gasteiger charge is 2.24. The van der Waals surface area contributed by atoms with E-state index in [4.69, 9.17) is 25.8 Å². The van der Waals surface area contributed by atoms with Gasteiger partial charge in [-0.1, -0.05) is 35.9 Å². The van der Waals surface area contributed by atoms with Crippen molar-refractivity contribution in [2.45, 2.75) is 6.54 Å². The summed E-state index contributed by atoms with van der Waals surface area (Å²) in [7, 11) is 3.31. The average molecular weight is 517 g/mol. The Labute approximate surface area is 215 Å². The standard InChI is InChI=1S/C27H21ClN4O5/c1-31-19-6-4-3-5-17(19)23-24(26(33)29-13-15-7-9-21-22(11-15)37-14-36-21)30-32(27(34)25(23)31)16-8-10-20(35-2)18(28)12-16/h3-12H,13-14H2,1-2H3,(H,29,33). The van der Waals surface area contributed by atoms with E-state index in [0.29, 0.717) is 38.9 Å². The number of fused-ring (bicyclic) bond motifs is 4. The molecule has 0 atom stereocenters. The summed E-state index contributed by atoms with van der Waals surface area (Å²) >= 11 is 6.33. The van der Waals surface area contributed by atoms with Crippen molar-refractivity contribution in [3.05, 3.63) is 87.3 Å². The van der Waals surface area contributed by atoms with Crippen molar-refractivity contribution < 1.29 is 19.0 Å². The van der Waals surface area contributed by atoms with E-state index in [9.17, 15) is 9.59 Å². The molecule has 0 saturated carbocycles. The van der Waals surface area contributed by atoms with E-state index in [1.165, 1.54) is 11.8 Å². The van der Waals surface area contributed by atoms with Gasteiger partial charge < -0.3 is 24.1 Å². The van der Waals surface area contributed by atoms with Gasteiger partial charge in [0, 0.05) is 29.9 Å². The van der Waals surface area contributed by atoms with E-state index in [1.54, 1.807) is 35.9 Å². The molecule has 37 heavy (non-hydrogen) atoms. The molecule has 1 N–H and O–H groups in total. The number of methoxy groups -OCH3 is 1. The molecule has 2 aromatic heterocycles. The van der Waals surface area contributed by atoms with Crippen LogP contribution in [0.2, 0.25) is 5.02 Å². The number of amides is 1. The zero-order valence-corrected chi connectivity index (χ0v) is 20.7. The molecule has 10 heteroatoms. The third-order valence-electron chi connectivity index (χ3n) is 6.42. The Morgan fingerprint density at radius 2 is 1.92 bits per heavy atom. The van der Waals surface area contributed by atoms with Crippen molar-refractivity contribution in [2.75, 3.05) is 13.9 Å². The maximum Gasteiger partial charge on any atom is 0.296 e. The second-order valence-corrected chi connectivity index (χ2v) is 8.96. The molecule has 9 nitrogen and oxygen atoms in total. The lowest BCUT2D eigenvalue weighted by Crippen LogP contribution is -2.30. The maximum absolute atomic E-state index is 13.7. The average Bonchev–Trinajstić information content (AvgIpc) is 3.50. The van der Waals surface area contributed by atoms with Crippen molar-refractivity contribution in [1.82, 2.24) is 19.7 Å². The normalized spacial score (nSPS) is 12.3. The second-order valence-electron chi connectivity index (χ2n) is 8.55. The molecule has 0 unspecified atom stereocenters. The van der Waals surface area contributed by atoms with Crippen LogP contribution in [0.15, 0.2) is 65.5 Å². The van der Waals surface area contributed by atoms with Crippen LogP contribution in [0.25, 0.3) is 27.5 Å². The molecule has 5 aromatic rings. The highest BCUT2D eigenvalue weighted by Crippen LogP contribution is 2.33. The topological polar surface area (TPSA) is 96.6 Å².